The van der Waals surface area contributed by atoms with Crippen LogP contribution in [0, 0.1) is 0 Å². The van der Waals surface area contributed by atoms with Crippen molar-refractivity contribution in [2.45, 2.75) is 13.3 Å². The SMILES string of the molecule is CC(=O)Nc1ccc(NC(=O)Cc2coc(-c3ccccc3)n2)cc1. The van der Waals surface area contributed by atoms with Gasteiger partial charge < -0.3 is 15.1 Å². The Morgan fingerprint density at radius 3 is 2.24 bits per heavy atom. The van der Waals surface area contributed by atoms with Crippen LogP contribution >= 0.6 is 0 Å². The van der Waals surface area contributed by atoms with Crippen molar-refractivity contribution in [3.63, 3.8) is 0 Å². The number of oxazole rings is 1. The van der Waals surface area contributed by atoms with Gasteiger partial charge in [-0.1, -0.05) is 18.2 Å². The Balaban J connectivity index is 1.59. The van der Waals surface area contributed by atoms with Gasteiger partial charge in [0.05, 0.1) is 12.1 Å². The maximum absolute atomic E-state index is 12.1. The number of benzene rings is 2. The van der Waals surface area contributed by atoms with E-state index in [2.05, 4.69) is 15.6 Å². The highest BCUT2D eigenvalue weighted by Crippen LogP contribution is 2.18. The highest BCUT2D eigenvalue weighted by molar-refractivity contribution is 5.93. The van der Waals surface area contributed by atoms with Crippen LogP contribution in [0.5, 0.6) is 0 Å². The third kappa shape index (κ3) is 4.54. The number of aromatic nitrogens is 1. The second-order valence-electron chi connectivity index (χ2n) is 5.49. The first-order valence-corrected chi connectivity index (χ1v) is 7.77. The molecule has 0 radical (unpaired) electrons. The first kappa shape index (κ1) is 16.4. The molecule has 0 fully saturated rings. The van der Waals surface area contributed by atoms with Gasteiger partial charge >= 0.3 is 0 Å². The molecule has 2 amide bonds. The lowest BCUT2D eigenvalue weighted by Crippen LogP contribution is -2.14. The molecule has 2 aromatic carbocycles. The molecule has 2 N–H and O–H groups in total. The maximum Gasteiger partial charge on any atom is 0.230 e. The van der Waals surface area contributed by atoms with E-state index in [4.69, 9.17) is 4.42 Å². The second-order valence-corrected chi connectivity index (χ2v) is 5.49. The maximum atomic E-state index is 12.1. The standard InChI is InChI=1S/C19H17N3O3/c1-13(23)20-15-7-9-16(10-8-15)21-18(24)11-17-12-25-19(22-17)14-5-3-2-4-6-14/h2-10,12H,11H2,1H3,(H,20,23)(H,21,24). The van der Waals surface area contributed by atoms with Gasteiger partial charge in [-0.25, -0.2) is 4.98 Å². The minimum Gasteiger partial charge on any atom is -0.444 e. The van der Waals surface area contributed by atoms with Gasteiger partial charge in [0.15, 0.2) is 0 Å². The van der Waals surface area contributed by atoms with Gasteiger partial charge in [0, 0.05) is 23.9 Å². The molecule has 126 valence electrons. The van der Waals surface area contributed by atoms with E-state index >= 15 is 0 Å². The van der Waals surface area contributed by atoms with Gasteiger partial charge in [-0.2, -0.15) is 0 Å². The number of carbonyl (C=O) groups excluding carboxylic acids is 2. The largest absolute Gasteiger partial charge is 0.444 e. The van der Waals surface area contributed by atoms with Crippen LogP contribution in [0.4, 0.5) is 11.4 Å². The summed E-state index contributed by atoms with van der Waals surface area (Å²) in [6, 6.07) is 16.4. The number of hydrogen-bond acceptors (Lipinski definition) is 4. The van der Waals surface area contributed by atoms with E-state index in [1.807, 2.05) is 30.3 Å². The van der Waals surface area contributed by atoms with E-state index < -0.39 is 0 Å². The van der Waals surface area contributed by atoms with Crippen LogP contribution in [0.1, 0.15) is 12.6 Å². The van der Waals surface area contributed by atoms with E-state index in [9.17, 15) is 9.59 Å². The molecular formula is C19H17N3O3. The number of nitrogens with one attached hydrogen (secondary N) is 2. The Morgan fingerprint density at radius 1 is 0.960 bits per heavy atom. The fraction of sp³-hybridized carbons (Fsp3) is 0.105. The van der Waals surface area contributed by atoms with E-state index in [1.54, 1.807) is 24.3 Å². The summed E-state index contributed by atoms with van der Waals surface area (Å²) >= 11 is 0. The van der Waals surface area contributed by atoms with Crippen molar-refractivity contribution in [3.8, 4) is 11.5 Å². The van der Waals surface area contributed by atoms with Gasteiger partial charge in [0.1, 0.15) is 6.26 Å². The smallest absolute Gasteiger partial charge is 0.230 e. The molecule has 0 bridgehead atoms. The predicted molar refractivity (Wildman–Crippen MR) is 95.0 cm³/mol. The lowest BCUT2D eigenvalue weighted by molar-refractivity contribution is -0.116. The Hall–Kier alpha value is -3.41. The molecule has 6 heteroatoms. The molecule has 0 saturated carbocycles. The molecule has 0 aliphatic heterocycles. The van der Waals surface area contributed by atoms with Gasteiger partial charge in [0.2, 0.25) is 17.7 Å². The molecule has 0 atom stereocenters. The molecule has 3 aromatic rings. The Morgan fingerprint density at radius 2 is 1.60 bits per heavy atom. The second kappa shape index (κ2) is 7.44. The summed E-state index contributed by atoms with van der Waals surface area (Å²) in [5.41, 5.74) is 2.74. The van der Waals surface area contributed by atoms with Crippen molar-refractivity contribution in [2.24, 2.45) is 0 Å². The van der Waals surface area contributed by atoms with Gasteiger partial charge in [-0.3, -0.25) is 9.59 Å². The van der Waals surface area contributed by atoms with E-state index in [0.717, 1.165) is 5.56 Å². The summed E-state index contributed by atoms with van der Waals surface area (Å²) < 4.78 is 5.42. The first-order chi connectivity index (χ1) is 12.1. The lowest BCUT2D eigenvalue weighted by Gasteiger charge is -2.06. The van der Waals surface area contributed by atoms with Crippen LogP contribution in [-0.4, -0.2) is 16.8 Å². The van der Waals surface area contributed by atoms with Gasteiger partial charge in [0.25, 0.3) is 0 Å². The normalized spacial score (nSPS) is 10.3. The molecule has 1 aromatic heterocycles. The topological polar surface area (TPSA) is 84.2 Å². The zero-order valence-corrected chi connectivity index (χ0v) is 13.7. The summed E-state index contributed by atoms with van der Waals surface area (Å²) in [4.78, 5) is 27.4. The van der Waals surface area contributed by atoms with Gasteiger partial charge in [-0.15, -0.1) is 0 Å². The zero-order chi connectivity index (χ0) is 17.6. The highest BCUT2D eigenvalue weighted by Gasteiger charge is 2.10. The average Bonchev–Trinajstić information content (AvgIpc) is 3.05. The number of amides is 2. The molecule has 0 saturated heterocycles. The number of rotatable bonds is 5. The van der Waals surface area contributed by atoms with Crippen molar-refractivity contribution in [3.05, 3.63) is 66.6 Å². The summed E-state index contributed by atoms with van der Waals surface area (Å²) in [5, 5.41) is 5.46. The Bertz CT molecular complexity index is 870. The van der Waals surface area contributed by atoms with E-state index in [1.165, 1.54) is 13.2 Å². The number of anilines is 2. The minimum atomic E-state index is -0.194. The molecule has 1 heterocycles. The van der Waals surface area contributed by atoms with Crippen molar-refractivity contribution in [2.75, 3.05) is 10.6 Å². The van der Waals surface area contributed by atoms with E-state index in [0.29, 0.717) is 23.0 Å². The Kier molecular flexibility index (Phi) is 4.89. The third-order valence-electron chi connectivity index (χ3n) is 3.40. The van der Waals surface area contributed by atoms with Crippen molar-refractivity contribution in [1.29, 1.82) is 0 Å². The number of hydrogen-bond donors (Lipinski definition) is 2. The molecule has 0 unspecified atom stereocenters. The van der Waals surface area contributed by atoms with Crippen LogP contribution in [-0.2, 0) is 16.0 Å². The highest BCUT2D eigenvalue weighted by atomic mass is 16.3. The van der Waals surface area contributed by atoms with Crippen LogP contribution in [0.15, 0.2) is 65.3 Å². The fourth-order valence-corrected chi connectivity index (χ4v) is 2.31. The summed E-state index contributed by atoms with van der Waals surface area (Å²) in [6.45, 7) is 1.44. The van der Waals surface area contributed by atoms with E-state index in [-0.39, 0.29) is 18.2 Å². The minimum absolute atomic E-state index is 0.115. The summed E-state index contributed by atoms with van der Waals surface area (Å²) in [7, 11) is 0. The zero-order valence-electron chi connectivity index (χ0n) is 13.7. The van der Waals surface area contributed by atoms with Gasteiger partial charge in [-0.05, 0) is 36.4 Å². The van der Waals surface area contributed by atoms with Crippen molar-refractivity contribution >= 4 is 23.2 Å². The lowest BCUT2D eigenvalue weighted by atomic mass is 10.2. The number of nitrogens with zero attached hydrogens (tertiary/aromatic N) is 1. The molecule has 25 heavy (non-hydrogen) atoms. The summed E-state index contributed by atoms with van der Waals surface area (Å²) in [6.07, 6.45) is 1.60. The molecule has 0 aliphatic carbocycles. The van der Waals surface area contributed by atoms with Crippen molar-refractivity contribution in [1.82, 2.24) is 4.98 Å². The monoisotopic (exact) mass is 335 g/mol. The van der Waals surface area contributed by atoms with Crippen LogP contribution in [0.2, 0.25) is 0 Å². The fourth-order valence-electron chi connectivity index (χ4n) is 2.31. The molecule has 3 rings (SSSR count). The van der Waals surface area contributed by atoms with Crippen molar-refractivity contribution < 1.29 is 14.0 Å². The first-order valence-electron chi connectivity index (χ1n) is 7.77. The molecule has 0 spiro atoms. The summed E-state index contributed by atoms with van der Waals surface area (Å²) in [5.74, 6) is 0.153. The van der Waals surface area contributed by atoms with Crippen LogP contribution < -0.4 is 10.6 Å². The third-order valence-corrected chi connectivity index (χ3v) is 3.40. The predicted octanol–water partition coefficient (Wildman–Crippen LogP) is 3.48. The van der Waals surface area contributed by atoms with Crippen LogP contribution in [0.3, 0.4) is 0 Å². The average molecular weight is 335 g/mol. The quantitative estimate of drug-likeness (QED) is 0.747. The van der Waals surface area contributed by atoms with Crippen LogP contribution in [0.25, 0.3) is 11.5 Å². The number of carbonyl (C=O) groups is 2. The Labute approximate surface area is 144 Å². The molecule has 0 aliphatic rings. The molecule has 6 nitrogen and oxygen atoms in total. The molecular weight excluding hydrogens is 318 g/mol.